The van der Waals surface area contributed by atoms with Crippen molar-refractivity contribution in [3.8, 4) is 5.75 Å². The first-order valence-corrected chi connectivity index (χ1v) is 6.11. The summed E-state index contributed by atoms with van der Waals surface area (Å²) in [6.45, 7) is 2.59. The molecule has 2 aromatic rings. The smallest absolute Gasteiger partial charge is 0.119 e. The van der Waals surface area contributed by atoms with E-state index in [1.165, 1.54) is 3.57 Å². The van der Waals surface area contributed by atoms with Crippen LogP contribution in [0.5, 0.6) is 5.75 Å². The van der Waals surface area contributed by atoms with Gasteiger partial charge in [-0.05, 0) is 65.4 Å². The number of ether oxygens (including phenoxy) is 1. The second kappa shape index (κ2) is 5.30. The number of rotatable bonds is 3. The molecule has 0 unspecified atom stereocenters. The third kappa shape index (κ3) is 3.20. The zero-order valence-electron chi connectivity index (χ0n) is 8.98. The van der Waals surface area contributed by atoms with E-state index in [2.05, 4.69) is 33.6 Å². The Morgan fingerprint density at radius 1 is 1.19 bits per heavy atom. The van der Waals surface area contributed by atoms with Gasteiger partial charge in [0, 0.05) is 21.5 Å². The van der Waals surface area contributed by atoms with E-state index < -0.39 is 0 Å². The number of aryl methyl sites for hydroxylation is 1. The molecule has 0 bridgehead atoms. The lowest BCUT2D eigenvalue weighted by Crippen LogP contribution is -1.96. The number of hydrogen-bond acceptors (Lipinski definition) is 2. The molecule has 2 rings (SSSR count). The number of aromatic nitrogens is 1. The van der Waals surface area contributed by atoms with Gasteiger partial charge in [-0.25, -0.2) is 0 Å². The van der Waals surface area contributed by atoms with Crippen LogP contribution >= 0.6 is 22.6 Å². The van der Waals surface area contributed by atoms with Gasteiger partial charge in [0.15, 0.2) is 0 Å². The van der Waals surface area contributed by atoms with Gasteiger partial charge < -0.3 is 4.74 Å². The van der Waals surface area contributed by atoms with Crippen molar-refractivity contribution in [1.82, 2.24) is 4.98 Å². The summed E-state index contributed by atoms with van der Waals surface area (Å²) in [5.41, 5.74) is 2.25. The van der Waals surface area contributed by atoms with Crippen LogP contribution in [0.3, 0.4) is 0 Å². The van der Waals surface area contributed by atoms with Crippen LogP contribution in [0.25, 0.3) is 0 Å². The molecule has 0 saturated heterocycles. The molecule has 2 nitrogen and oxygen atoms in total. The highest BCUT2D eigenvalue weighted by Gasteiger charge is 1.96. The van der Waals surface area contributed by atoms with Gasteiger partial charge in [0.05, 0.1) is 0 Å². The summed E-state index contributed by atoms with van der Waals surface area (Å²) in [6, 6.07) is 10.1. The van der Waals surface area contributed by atoms with Gasteiger partial charge in [0.2, 0.25) is 0 Å². The molecule has 0 radical (unpaired) electrons. The fraction of sp³-hybridized carbons (Fsp3) is 0.154. The lowest BCUT2D eigenvalue weighted by Gasteiger charge is -2.06. The maximum absolute atomic E-state index is 5.66. The molecule has 0 N–H and O–H groups in total. The molecular weight excluding hydrogens is 313 g/mol. The molecule has 0 spiro atoms. The van der Waals surface area contributed by atoms with Crippen molar-refractivity contribution in [2.45, 2.75) is 13.5 Å². The number of pyridine rings is 1. The lowest BCUT2D eigenvalue weighted by molar-refractivity contribution is 0.305. The van der Waals surface area contributed by atoms with E-state index in [1.807, 2.05) is 43.6 Å². The van der Waals surface area contributed by atoms with Crippen LogP contribution in [0.15, 0.2) is 42.7 Å². The molecule has 82 valence electrons. The van der Waals surface area contributed by atoms with Gasteiger partial charge in [0.1, 0.15) is 12.4 Å². The quantitative estimate of drug-likeness (QED) is 0.805. The Kier molecular flexibility index (Phi) is 3.77. The number of benzene rings is 1. The predicted molar refractivity (Wildman–Crippen MR) is 72.5 cm³/mol. The number of hydrogen-bond donors (Lipinski definition) is 0. The van der Waals surface area contributed by atoms with Crippen LogP contribution in [0, 0.1) is 10.5 Å². The molecule has 16 heavy (non-hydrogen) atoms. The summed E-state index contributed by atoms with van der Waals surface area (Å²) in [5, 5.41) is 0. The molecule has 0 fully saturated rings. The minimum Gasteiger partial charge on any atom is -0.489 e. The van der Waals surface area contributed by atoms with E-state index in [9.17, 15) is 0 Å². The Morgan fingerprint density at radius 2 is 1.94 bits per heavy atom. The zero-order valence-corrected chi connectivity index (χ0v) is 11.1. The topological polar surface area (TPSA) is 22.1 Å². The lowest BCUT2D eigenvalue weighted by atomic mass is 10.2. The number of halogens is 1. The number of nitrogens with zero attached hydrogens (tertiary/aromatic N) is 1. The van der Waals surface area contributed by atoms with E-state index in [0.717, 1.165) is 16.9 Å². The third-order valence-electron chi connectivity index (χ3n) is 2.15. The molecule has 0 aliphatic carbocycles. The molecule has 0 atom stereocenters. The van der Waals surface area contributed by atoms with Crippen molar-refractivity contribution in [3.05, 3.63) is 57.4 Å². The van der Waals surface area contributed by atoms with Crippen LogP contribution in [0.1, 0.15) is 11.1 Å². The standard InChI is InChI=1S/C13H12INO/c1-10-6-11(8-15-7-10)9-16-13-4-2-12(14)3-5-13/h2-8H,9H2,1H3. The van der Waals surface area contributed by atoms with Gasteiger partial charge in [-0.2, -0.15) is 0 Å². The maximum Gasteiger partial charge on any atom is 0.119 e. The van der Waals surface area contributed by atoms with E-state index in [-0.39, 0.29) is 0 Å². The first kappa shape index (κ1) is 11.4. The van der Waals surface area contributed by atoms with Crippen molar-refractivity contribution >= 4 is 22.6 Å². The van der Waals surface area contributed by atoms with E-state index in [1.54, 1.807) is 0 Å². The molecule has 1 heterocycles. The van der Waals surface area contributed by atoms with Gasteiger partial charge >= 0.3 is 0 Å². The Labute approximate surface area is 109 Å². The monoisotopic (exact) mass is 325 g/mol. The molecule has 0 aliphatic rings. The van der Waals surface area contributed by atoms with Crippen molar-refractivity contribution in [2.24, 2.45) is 0 Å². The highest BCUT2D eigenvalue weighted by Crippen LogP contribution is 2.15. The minimum atomic E-state index is 0.565. The average molecular weight is 325 g/mol. The second-order valence-electron chi connectivity index (χ2n) is 3.61. The molecule has 1 aromatic heterocycles. The van der Waals surface area contributed by atoms with Gasteiger partial charge in [-0.3, -0.25) is 4.98 Å². The Hall–Kier alpha value is -1.10. The van der Waals surface area contributed by atoms with Crippen molar-refractivity contribution in [2.75, 3.05) is 0 Å². The van der Waals surface area contributed by atoms with Crippen molar-refractivity contribution in [1.29, 1.82) is 0 Å². The Bertz CT molecular complexity index is 468. The molecule has 0 aliphatic heterocycles. The predicted octanol–water partition coefficient (Wildman–Crippen LogP) is 3.57. The summed E-state index contributed by atoms with van der Waals surface area (Å²) in [6.07, 6.45) is 3.67. The summed E-state index contributed by atoms with van der Waals surface area (Å²) in [4.78, 5) is 4.13. The highest BCUT2D eigenvalue weighted by molar-refractivity contribution is 14.1. The fourth-order valence-electron chi connectivity index (χ4n) is 1.39. The fourth-order valence-corrected chi connectivity index (χ4v) is 1.75. The van der Waals surface area contributed by atoms with Crippen LogP contribution in [-0.2, 0) is 6.61 Å². The van der Waals surface area contributed by atoms with Crippen LogP contribution < -0.4 is 4.74 Å². The molecule has 1 aromatic carbocycles. The van der Waals surface area contributed by atoms with Crippen molar-refractivity contribution < 1.29 is 4.74 Å². The van der Waals surface area contributed by atoms with E-state index >= 15 is 0 Å². The van der Waals surface area contributed by atoms with Crippen LogP contribution in [-0.4, -0.2) is 4.98 Å². The normalized spacial score (nSPS) is 10.1. The maximum atomic E-state index is 5.66. The Morgan fingerprint density at radius 3 is 2.62 bits per heavy atom. The van der Waals surface area contributed by atoms with Gasteiger partial charge in [0.25, 0.3) is 0 Å². The van der Waals surface area contributed by atoms with Gasteiger partial charge in [-0.1, -0.05) is 0 Å². The van der Waals surface area contributed by atoms with Crippen molar-refractivity contribution in [3.63, 3.8) is 0 Å². The third-order valence-corrected chi connectivity index (χ3v) is 2.87. The second-order valence-corrected chi connectivity index (χ2v) is 4.86. The summed E-state index contributed by atoms with van der Waals surface area (Å²) in [7, 11) is 0. The SMILES string of the molecule is Cc1cncc(COc2ccc(I)cc2)c1. The van der Waals surface area contributed by atoms with Crippen LogP contribution in [0.2, 0.25) is 0 Å². The molecular formula is C13H12INO. The minimum absolute atomic E-state index is 0.565. The summed E-state index contributed by atoms with van der Waals surface area (Å²) in [5.74, 6) is 0.891. The molecule has 0 saturated carbocycles. The molecule has 0 amide bonds. The van der Waals surface area contributed by atoms with Gasteiger partial charge in [-0.15, -0.1) is 0 Å². The Balaban J connectivity index is 1.99. The average Bonchev–Trinajstić information content (AvgIpc) is 2.28. The highest BCUT2D eigenvalue weighted by atomic mass is 127. The van der Waals surface area contributed by atoms with E-state index in [4.69, 9.17) is 4.74 Å². The summed E-state index contributed by atoms with van der Waals surface area (Å²) >= 11 is 2.28. The zero-order chi connectivity index (χ0) is 11.4. The largest absolute Gasteiger partial charge is 0.489 e. The first-order valence-electron chi connectivity index (χ1n) is 5.03. The van der Waals surface area contributed by atoms with E-state index in [0.29, 0.717) is 6.61 Å². The molecule has 3 heteroatoms. The van der Waals surface area contributed by atoms with Crippen LogP contribution in [0.4, 0.5) is 0 Å². The first-order chi connectivity index (χ1) is 7.74. The summed E-state index contributed by atoms with van der Waals surface area (Å²) < 4.78 is 6.87.